The molecule has 3 rings (SSSR count). The monoisotopic (exact) mass is 362 g/mol. The quantitative estimate of drug-likeness (QED) is 0.804. The number of piperidine rings is 2. The van der Waals surface area contributed by atoms with Gasteiger partial charge in [-0.3, -0.25) is 9.59 Å². The number of amides is 2. The molecule has 2 unspecified atom stereocenters. The minimum Gasteiger partial charge on any atom is -0.342 e. The van der Waals surface area contributed by atoms with Crippen molar-refractivity contribution >= 4 is 23.4 Å². The molecule has 1 aromatic rings. The van der Waals surface area contributed by atoms with Gasteiger partial charge in [-0.25, -0.2) is 0 Å². The van der Waals surface area contributed by atoms with Gasteiger partial charge >= 0.3 is 0 Å². The molecule has 0 aliphatic carbocycles. The van der Waals surface area contributed by atoms with Gasteiger partial charge in [-0.05, 0) is 55.4 Å². The van der Waals surface area contributed by atoms with Gasteiger partial charge in [0, 0.05) is 42.7 Å². The van der Waals surface area contributed by atoms with E-state index in [1.165, 1.54) is 6.42 Å². The van der Waals surface area contributed by atoms with Gasteiger partial charge in [0.15, 0.2) is 0 Å². The Hall–Kier alpha value is -1.55. The van der Waals surface area contributed by atoms with Crippen molar-refractivity contribution in [2.75, 3.05) is 26.2 Å². The van der Waals surface area contributed by atoms with Gasteiger partial charge < -0.3 is 9.80 Å². The van der Waals surface area contributed by atoms with E-state index in [9.17, 15) is 9.59 Å². The Kier molecular flexibility index (Phi) is 5.67. The van der Waals surface area contributed by atoms with E-state index in [4.69, 9.17) is 11.6 Å². The summed E-state index contributed by atoms with van der Waals surface area (Å²) in [5.74, 6) is 1.55. The average molecular weight is 363 g/mol. The second-order valence-corrected chi connectivity index (χ2v) is 8.20. The first-order valence-electron chi connectivity index (χ1n) is 9.27. The smallest absolute Gasteiger partial charge is 0.253 e. The van der Waals surface area contributed by atoms with Crippen molar-refractivity contribution < 1.29 is 9.59 Å². The van der Waals surface area contributed by atoms with E-state index >= 15 is 0 Å². The van der Waals surface area contributed by atoms with E-state index < -0.39 is 0 Å². The van der Waals surface area contributed by atoms with Gasteiger partial charge in [0.1, 0.15) is 0 Å². The summed E-state index contributed by atoms with van der Waals surface area (Å²) in [6.07, 6.45) is 2.73. The third-order valence-electron chi connectivity index (χ3n) is 5.40. The Balaban J connectivity index is 1.55. The van der Waals surface area contributed by atoms with E-state index in [0.29, 0.717) is 35.5 Å². The van der Waals surface area contributed by atoms with E-state index in [0.717, 1.165) is 25.9 Å². The molecule has 5 heteroatoms. The fraction of sp³-hybridized carbons (Fsp3) is 0.600. The molecule has 0 bridgehead atoms. The number of hydrogen-bond acceptors (Lipinski definition) is 2. The summed E-state index contributed by atoms with van der Waals surface area (Å²) < 4.78 is 0. The lowest BCUT2D eigenvalue weighted by molar-refractivity contribution is -0.139. The van der Waals surface area contributed by atoms with Gasteiger partial charge in [0.05, 0.1) is 0 Å². The molecule has 0 N–H and O–H groups in total. The summed E-state index contributed by atoms with van der Waals surface area (Å²) in [7, 11) is 0. The third kappa shape index (κ3) is 4.35. The lowest BCUT2D eigenvalue weighted by Crippen LogP contribution is -2.48. The number of carbonyl (C=O) groups is 2. The highest BCUT2D eigenvalue weighted by molar-refractivity contribution is 6.30. The zero-order valence-corrected chi connectivity index (χ0v) is 15.8. The lowest BCUT2D eigenvalue weighted by Gasteiger charge is -2.39. The predicted molar refractivity (Wildman–Crippen MR) is 99.6 cm³/mol. The van der Waals surface area contributed by atoms with Crippen molar-refractivity contribution in [3.8, 4) is 0 Å². The Morgan fingerprint density at radius 3 is 2.08 bits per heavy atom. The summed E-state index contributed by atoms with van der Waals surface area (Å²) in [5, 5.41) is 0.630. The standard InChI is InChI=1S/C20H27ClN2O2/c1-14-11-15(2)13-23(12-14)20(25)17-7-9-22(10-8-17)19(24)16-3-5-18(21)6-4-16/h3-6,14-15,17H,7-13H2,1-2H3. The molecule has 2 saturated heterocycles. The topological polar surface area (TPSA) is 40.6 Å². The summed E-state index contributed by atoms with van der Waals surface area (Å²) in [6, 6.07) is 7.00. The van der Waals surface area contributed by atoms with Crippen LogP contribution in [0.4, 0.5) is 0 Å². The van der Waals surface area contributed by atoms with Crippen LogP contribution in [0.2, 0.25) is 5.02 Å². The number of carbonyl (C=O) groups excluding carboxylic acids is 2. The normalized spacial score (nSPS) is 25.1. The summed E-state index contributed by atoms with van der Waals surface area (Å²) in [5.41, 5.74) is 0.660. The second kappa shape index (κ2) is 7.77. The molecule has 0 radical (unpaired) electrons. The lowest BCUT2D eigenvalue weighted by atomic mass is 9.89. The van der Waals surface area contributed by atoms with Crippen LogP contribution in [0.25, 0.3) is 0 Å². The van der Waals surface area contributed by atoms with E-state index in [1.54, 1.807) is 24.3 Å². The molecule has 2 fully saturated rings. The van der Waals surface area contributed by atoms with Crippen LogP contribution >= 0.6 is 11.6 Å². The molecule has 2 heterocycles. The number of halogens is 1. The molecule has 0 spiro atoms. The number of benzene rings is 1. The average Bonchev–Trinajstić information content (AvgIpc) is 2.60. The van der Waals surface area contributed by atoms with E-state index in [1.807, 2.05) is 4.90 Å². The zero-order chi connectivity index (χ0) is 18.0. The minimum atomic E-state index is 0.0304. The second-order valence-electron chi connectivity index (χ2n) is 7.76. The third-order valence-corrected chi connectivity index (χ3v) is 5.66. The molecule has 1 aromatic carbocycles. The van der Waals surface area contributed by atoms with Crippen molar-refractivity contribution in [3.05, 3.63) is 34.9 Å². The van der Waals surface area contributed by atoms with Crippen molar-refractivity contribution in [2.45, 2.75) is 33.1 Å². The maximum Gasteiger partial charge on any atom is 0.253 e. The molecule has 2 aliphatic rings. The highest BCUT2D eigenvalue weighted by Gasteiger charge is 2.33. The maximum atomic E-state index is 12.8. The Bertz CT molecular complexity index is 613. The SMILES string of the molecule is CC1CC(C)CN(C(=O)C2CCN(C(=O)c3ccc(Cl)cc3)CC2)C1. The van der Waals surface area contributed by atoms with Crippen LogP contribution in [0.1, 0.15) is 43.5 Å². The number of likely N-dealkylation sites (tertiary alicyclic amines) is 2. The summed E-state index contributed by atoms with van der Waals surface area (Å²) >= 11 is 5.88. The Morgan fingerprint density at radius 2 is 1.52 bits per heavy atom. The van der Waals surface area contributed by atoms with Gasteiger partial charge in [0.25, 0.3) is 5.91 Å². The van der Waals surface area contributed by atoms with E-state index in [-0.39, 0.29) is 17.7 Å². The highest BCUT2D eigenvalue weighted by Crippen LogP contribution is 2.26. The van der Waals surface area contributed by atoms with Crippen molar-refractivity contribution in [3.63, 3.8) is 0 Å². The molecular weight excluding hydrogens is 336 g/mol. The molecule has 2 atom stereocenters. The van der Waals surface area contributed by atoms with Gasteiger partial charge in [0.2, 0.25) is 5.91 Å². The molecular formula is C20H27ClN2O2. The molecule has 2 aliphatic heterocycles. The first-order chi connectivity index (χ1) is 11.9. The maximum absolute atomic E-state index is 12.8. The fourth-order valence-electron chi connectivity index (χ4n) is 4.21. The van der Waals surface area contributed by atoms with Gasteiger partial charge in [-0.2, -0.15) is 0 Å². The van der Waals surface area contributed by atoms with Crippen LogP contribution in [0.15, 0.2) is 24.3 Å². The summed E-state index contributed by atoms with van der Waals surface area (Å²) in [4.78, 5) is 29.3. The minimum absolute atomic E-state index is 0.0304. The molecule has 25 heavy (non-hydrogen) atoms. The van der Waals surface area contributed by atoms with Crippen LogP contribution in [0.3, 0.4) is 0 Å². The number of hydrogen-bond donors (Lipinski definition) is 0. The first-order valence-corrected chi connectivity index (χ1v) is 9.65. The predicted octanol–water partition coefficient (Wildman–Crippen LogP) is 3.70. The molecule has 0 aromatic heterocycles. The van der Waals surface area contributed by atoms with Gasteiger partial charge in [-0.1, -0.05) is 25.4 Å². The molecule has 136 valence electrons. The van der Waals surface area contributed by atoms with Crippen LogP contribution in [-0.4, -0.2) is 47.8 Å². The van der Waals surface area contributed by atoms with Gasteiger partial charge in [-0.15, -0.1) is 0 Å². The zero-order valence-electron chi connectivity index (χ0n) is 15.1. The van der Waals surface area contributed by atoms with Crippen LogP contribution in [0, 0.1) is 17.8 Å². The number of nitrogens with zero attached hydrogens (tertiary/aromatic N) is 2. The fourth-order valence-corrected chi connectivity index (χ4v) is 4.33. The Labute approximate surface area is 155 Å². The molecule has 2 amide bonds. The van der Waals surface area contributed by atoms with Crippen LogP contribution in [-0.2, 0) is 4.79 Å². The van der Waals surface area contributed by atoms with Crippen molar-refractivity contribution in [1.82, 2.24) is 9.80 Å². The highest BCUT2D eigenvalue weighted by atomic mass is 35.5. The largest absolute Gasteiger partial charge is 0.342 e. The van der Waals surface area contributed by atoms with Crippen molar-refractivity contribution in [1.29, 1.82) is 0 Å². The van der Waals surface area contributed by atoms with E-state index in [2.05, 4.69) is 18.7 Å². The van der Waals surface area contributed by atoms with Crippen LogP contribution < -0.4 is 0 Å². The first kappa shape index (κ1) is 18.2. The number of rotatable bonds is 2. The molecule has 4 nitrogen and oxygen atoms in total. The Morgan fingerprint density at radius 1 is 0.960 bits per heavy atom. The molecule has 0 saturated carbocycles. The van der Waals surface area contributed by atoms with Crippen LogP contribution in [0.5, 0.6) is 0 Å². The summed E-state index contributed by atoms with van der Waals surface area (Å²) in [6.45, 7) is 7.51. The van der Waals surface area contributed by atoms with Crippen molar-refractivity contribution in [2.24, 2.45) is 17.8 Å².